The molecule has 6 rings (SSSR count). The van der Waals surface area contributed by atoms with Gasteiger partial charge in [0.25, 0.3) is 0 Å². The average Bonchev–Trinajstić information content (AvgIpc) is 2.89. The number of likely N-dealkylation sites (tertiary alicyclic amines) is 1. The minimum Gasteiger partial charge on any atom is -0.490 e. The second-order valence-corrected chi connectivity index (χ2v) is 10.1. The zero-order chi connectivity index (χ0) is 23.6. The zero-order valence-corrected chi connectivity index (χ0v) is 20.3. The highest BCUT2D eigenvalue weighted by molar-refractivity contribution is 7.99. The number of anilines is 4. The lowest BCUT2D eigenvalue weighted by Crippen LogP contribution is -2.37. The van der Waals surface area contributed by atoms with E-state index >= 15 is 0 Å². The van der Waals surface area contributed by atoms with E-state index in [0.717, 1.165) is 43.9 Å². The van der Waals surface area contributed by atoms with E-state index in [4.69, 9.17) is 10.5 Å². The number of rotatable bonds is 5. The number of ether oxygens (including phenoxy) is 1. The molecule has 1 aromatic heterocycles. The van der Waals surface area contributed by atoms with Gasteiger partial charge in [0, 0.05) is 41.3 Å². The maximum absolute atomic E-state index is 6.37. The number of nitrogen functional groups attached to an aromatic ring is 1. The molecular weight excluding hydrogens is 452 g/mol. The van der Waals surface area contributed by atoms with E-state index in [9.17, 15) is 0 Å². The van der Waals surface area contributed by atoms with Gasteiger partial charge in [0.2, 0.25) is 0 Å². The summed E-state index contributed by atoms with van der Waals surface area (Å²) in [7, 11) is 0. The Morgan fingerprint density at radius 2 is 1.51 bits per heavy atom. The monoisotopic (exact) mass is 480 g/mol. The fraction of sp³-hybridized carbons (Fsp3) is 0.207. The average molecular weight is 481 g/mol. The molecule has 4 aromatic rings. The van der Waals surface area contributed by atoms with Crippen molar-refractivity contribution in [2.45, 2.75) is 35.3 Å². The molecule has 0 unspecified atom stereocenters. The van der Waals surface area contributed by atoms with Gasteiger partial charge in [-0.2, -0.15) is 0 Å². The van der Waals surface area contributed by atoms with E-state index in [2.05, 4.69) is 87.6 Å². The summed E-state index contributed by atoms with van der Waals surface area (Å²) >= 11 is 1.83. The van der Waals surface area contributed by atoms with E-state index in [0.29, 0.717) is 5.82 Å². The fourth-order valence-electron chi connectivity index (χ4n) is 4.89. The van der Waals surface area contributed by atoms with Crippen molar-refractivity contribution in [1.29, 1.82) is 0 Å². The molecule has 0 bridgehead atoms. The van der Waals surface area contributed by atoms with Crippen LogP contribution in [0.25, 0.3) is 0 Å². The van der Waals surface area contributed by atoms with Crippen LogP contribution in [0.1, 0.15) is 18.4 Å². The first-order chi connectivity index (χ1) is 17.2. The highest BCUT2D eigenvalue weighted by atomic mass is 32.2. The van der Waals surface area contributed by atoms with E-state index in [-0.39, 0.29) is 6.10 Å². The molecular formula is C29H28N4OS. The second kappa shape index (κ2) is 9.64. The Kier molecular flexibility index (Phi) is 6.06. The number of fused-ring (bicyclic) bond motifs is 2. The molecule has 2 aliphatic rings. The molecule has 176 valence electrons. The maximum Gasteiger partial charge on any atom is 0.123 e. The van der Waals surface area contributed by atoms with Gasteiger partial charge in [0.1, 0.15) is 17.7 Å². The van der Waals surface area contributed by atoms with Gasteiger partial charge < -0.3 is 15.4 Å². The first kappa shape index (κ1) is 22.0. The normalized spacial score (nSPS) is 15.9. The molecule has 0 amide bonds. The highest BCUT2D eigenvalue weighted by Gasteiger charge is 2.25. The van der Waals surface area contributed by atoms with Crippen molar-refractivity contribution in [3.05, 3.63) is 96.7 Å². The van der Waals surface area contributed by atoms with Crippen LogP contribution in [0.15, 0.2) is 101 Å². The molecule has 0 radical (unpaired) electrons. The number of nitrogens with two attached hydrogens (primary N) is 1. The number of nitrogens with zero attached hydrogens (tertiary/aromatic N) is 3. The minimum atomic E-state index is 0.243. The lowest BCUT2D eigenvalue weighted by molar-refractivity contribution is 0.0968. The Morgan fingerprint density at radius 3 is 2.17 bits per heavy atom. The Hall–Kier alpha value is -3.48. The van der Waals surface area contributed by atoms with Crippen LogP contribution in [0.2, 0.25) is 0 Å². The molecule has 1 fully saturated rings. The van der Waals surface area contributed by atoms with E-state index in [1.165, 1.54) is 26.7 Å². The van der Waals surface area contributed by atoms with Crippen LogP contribution in [0.5, 0.6) is 5.75 Å². The van der Waals surface area contributed by atoms with Crippen molar-refractivity contribution in [3.8, 4) is 5.75 Å². The molecule has 0 atom stereocenters. The third kappa shape index (κ3) is 4.72. The second-order valence-electron chi connectivity index (χ2n) is 9.05. The maximum atomic E-state index is 6.37. The summed E-state index contributed by atoms with van der Waals surface area (Å²) < 4.78 is 6.37. The molecule has 3 aromatic carbocycles. The summed E-state index contributed by atoms with van der Waals surface area (Å²) in [5.74, 6) is 1.52. The van der Waals surface area contributed by atoms with Crippen LogP contribution in [0.3, 0.4) is 0 Å². The van der Waals surface area contributed by atoms with Gasteiger partial charge in [-0.15, -0.1) is 0 Å². The smallest absolute Gasteiger partial charge is 0.123 e. The number of hydrogen-bond acceptors (Lipinski definition) is 6. The van der Waals surface area contributed by atoms with Crippen molar-refractivity contribution < 1.29 is 4.74 Å². The van der Waals surface area contributed by atoms with Crippen molar-refractivity contribution in [2.24, 2.45) is 0 Å². The number of pyridine rings is 1. The summed E-state index contributed by atoms with van der Waals surface area (Å²) in [6.07, 6.45) is 4.07. The van der Waals surface area contributed by atoms with Crippen LogP contribution in [-0.2, 0) is 6.54 Å². The Bertz CT molecular complexity index is 1270. The third-order valence-corrected chi connectivity index (χ3v) is 7.75. The van der Waals surface area contributed by atoms with Crippen LogP contribution >= 0.6 is 11.8 Å². The van der Waals surface area contributed by atoms with Gasteiger partial charge in [0.05, 0.1) is 11.4 Å². The minimum absolute atomic E-state index is 0.243. The van der Waals surface area contributed by atoms with Crippen molar-refractivity contribution >= 4 is 34.6 Å². The third-order valence-electron chi connectivity index (χ3n) is 6.62. The largest absolute Gasteiger partial charge is 0.490 e. The molecule has 6 heteroatoms. The summed E-state index contributed by atoms with van der Waals surface area (Å²) in [4.78, 5) is 11.4. The first-order valence-corrected chi connectivity index (χ1v) is 12.9. The van der Waals surface area contributed by atoms with Gasteiger partial charge >= 0.3 is 0 Å². The number of benzene rings is 3. The summed E-state index contributed by atoms with van der Waals surface area (Å²) in [5.41, 5.74) is 10.6. The number of para-hydroxylation sites is 2. The zero-order valence-electron chi connectivity index (χ0n) is 19.5. The van der Waals surface area contributed by atoms with Gasteiger partial charge in [-0.25, -0.2) is 4.98 Å². The Labute approximate surface area is 210 Å². The first-order valence-electron chi connectivity index (χ1n) is 12.1. The number of piperidine rings is 1. The Balaban J connectivity index is 1.12. The van der Waals surface area contributed by atoms with E-state index in [1.807, 2.05) is 23.9 Å². The molecule has 0 spiro atoms. The quantitative estimate of drug-likeness (QED) is 0.304. The molecule has 5 nitrogen and oxygen atoms in total. The lowest BCUT2D eigenvalue weighted by atomic mass is 10.1. The molecule has 3 heterocycles. The molecule has 2 N–H and O–H groups in total. The van der Waals surface area contributed by atoms with Crippen molar-refractivity contribution in [2.75, 3.05) is 23.7 Å². The molecule has 0 aliphatic carbocycles. The van der Waals surface area contributed by atoms with Gasteiger partial charge in [-0.1, -0.05) is 36.0 Å². The van der Waals surface area contributed by atoms with Crippen LogP contribution in [0.4, 0.5) is 22.9 Å². The Morgan fingerprint density at radius 1 is 0.857 bits per heavy atom. The molecule has 1 saturated heterocycles. The van der Waals surface area contributed by atoms with E-state index < -0.39 is 0 Å². The van der Waals surface area contributed by atoms with Gasteiger partial charge in [0.15, 0.2) is 0 Å². The predicted octanol–water partition coefficient (Wildman–Crippen LogP) is 6.64. The van der Waals surface area contributed by atoms with Crippen molar-refractivity contribution in [3.63, 3.8) is 0 Å². The van der Waals surface area contributed by atoms with Gasteiger partial charge in [-0.05, 0) is 79.1 Å². The van der Waals surface area contributed by atoms with Crippen LogP contribution < -0.4 is 15.4 Å². The molecule has 0 saturated carbocycles. The summed E-state index contributed by atoms with van der Waals surface area (Å²) in [5, 5.41) is 0. The number of aromatic nitrogens is 1. The standard InChI is InChI=1S/C29H28N4OS/c30-29-19-21(13-16-31-29)20-32-17-14-24(15-18-32)34-23-11-9-22(10-12-23)33-25-5-1-3-7-27(25)35-28-8-4-2-6-26(28)33/h1-13,16,19,24H,14-15,17-18,20H2,(H2,30,31). The topological polar surface area (TPSA) is 54.6 Å². The van der Waals surface area contributed by atoms with Gasteiger partial charge in [-0.3, -0.25) is 4.90 Å². The molecule has 2 aliphatic heterocycles. The van der Waals surface area contributed by atoms with Crippen molar-refractivity contribution in [1.82, 2.24) is 9.88 Å². The predicted molar refractivity (Wildman–Crippen MR) is 143 cm³/mol. The molecule has 35 heavy (non-hydrogen) atoms. The van der Waals surface area contributed by atoms with Crippen LogP contribution in [-0.4, -0.2) is 29.1 Å². The SMILES string of the molecule is Nc1cc(CN2CCC(Oc3ccc(N4c5ccccc5Sc5ccccc54)cc3)CC2)ccn1. The lowest BCUT2D eigenvalue weighted by Gasteiger charge is -2.33. The van der Waals surface area contributed by atoms with E-state index in [1.54, 1.807) is 6.20 Å². The number of hydrogen-bond donors (Lipinski definition) is 1. The fourth-order valence-corrected chi connectivity index (χ4v) is 5.94. The van der Waals surface area contributed by atoms with Crippen LogP contribution in [0, 0.1) is 0 Å². The summed E-state index contributed by atoms with van der Waals surface area (Å²) in [6.45, 7) is 2.94. The highest BCUT2D eigenvalue weighted by Crippen LogP contribution is 2.51. The summed E-state index contributed by atoms with van der Waals surface area (Å²) in [6, 6.07) is 29.7.